The molecule has 1 aromatic heterocycles. The van der Waals surface area contributed by atoms with E-state index in [-0.39, 0.29) is 35.3 Å². The van der Waals surface area contributed by atoms with Crippen molar-refractivity contribution in [2.75, 3.05) is 19.4 Å². The smallest absolute Gasteiger partial charge is 0.373 e. The average molecular weight is 549 g/mol. The number of carbonyl (C=O) groups is 2. The predicted octanol–water partition coefficient (Wildman–Crippen LogP) is 4.76. The van der Waals surface area contributed by atoms with Gasteiger partial charge < -0.3 is 24.8 Å². The van der Waals surface area contributed by atoms with Crippen LogP contribution >= 0.6 is 0 Å². The van der Waals surface area contributed by atoms with E-state index in [0.717, 1.165) is 0 Å². The van der Waals surface area contributed by atoms with Crippen LogP contribution in [-0.4, -0.2) is 56.9 Å². The van der Waals surface area contributed by atoms with Crippen LogP contribution in [0.3, 0.4) is 0 Å². The van der Waals surface area contributed by atoms with Crippen molar-refractivity contribution in [2.45, 2.75) is 33.2 Å². The topological polar surface area (TPSA) is 181 Å². The molecule has 0 aliphatic carbocycles. The standard InChI is InChI=1S/C27H28N6O7/c1-15(2)11-20(26(35)36)29-23-22(33(37)38)24(40-21-12-17(14-28)10-9-16(21)3)31-27(30-23)39-19-8-6-7-18(13-19)25(34)32(4)5/h6-10,12-13,15,20H,11H2,1-5H3,(H,35,36)(H,29,30,31). The Morgan fingerprint density at radius 2 is 1.90 bits per heavy atom. The fourth-order valence-electron chi connectivity index (χ4n) is 3.59. The van der Waals surface area contributed by atoms with Crippen LogP contribution in [0.1, 0.15) is 41.8 Å². The number of rotatable bonds is 11. The molecule has 0 bridgehead atoms. The molecule has 1 heterocycles. The molecule has 0 spiro atoms. The van der Waals surface area contributed by atoms with Crippen molar-refractivity contribution in [2.24, 2.45) is 5.92 Å². The number of carboxylic acids is 1. The van der Waals surface area contributed by atoms with Crippen molar-refractivity contribution in [3.8, 4) is 29.5 Å². The molecule has 0 radical (unpaired) electrons. The number of carbonyl (C=O) groups excluding carboxylic acids is 1. The van der Waals surface area contributed by atoms with Gasteiger partial charge in [-0.3, -0.25) is 14.9 Å². The van der Waals surface area contributed by atoms with Crippen LogP contribution in [0.4, 0.5) is 11.5 Å². The van der Waals surface area contributed by atoms with Crippen molar-refractivity contribution < 1.29 is 29.1 Å². The minimum atomic E-state index is -1.24. The van der Waals surface area contributed by atoms with Crippen LogP contribution in [0, 0.1) is 34.3 Å². The first-order valence-corrected chi connectivity index (χ1v) is 12.1. The van der Waals surface area contributed by atoms with Crippen molar-refractivity contribution in [1.82, 2.24) is 14.9 Å². The van der Waals surface area contributed by atoms with Crippen LogP contribution < -0.4 is 14.8 Å². The lowest BCUT2D eigenvalue weighted by atomic mass is 10.0. The van der Waals surface area contributed by atoms with Crippen LogP contribution in [0.15, 0.2) is 42.5 Å². The quantitative estimate of drug-likeness (QED) is 0.249. The number of hydrogen-bond acceptors (Lipinski definition) is 10. The lowest BCUT2D eigenvalue weighted by Crippen LogP contribution is -2.31. The Balaban J connectivity index is 2.16. The largest absolute Gasteiger partial charge is 0.480 e. The summed E-state index contributed by atoms with van der Waals surface area (Å²) in [6.07, 6.45) is 0.140. The Kier molecular flexibility index (Phi) is 9.18. The number of nitro groups is 1. The van der Waals surface area contributed by atoms with Gasteiger partial charge in [0.05, 0.1) is 16.6 Å². The number of ether oxygens (including phenoxy) is 2. The molecule has 2 aromatic carbocycles. The van der Waals surface area contributed by atoms with E-state index in [0.29, 0.717) is 11.1 Å². The number of amides is 1. The third kappa shape index (κ3) is 7.19. The van der Waals surface area contributed by atoms with Crippen molar-refractivity contribution in [3.63, 3.8) is 0 Å². The minimum absolute atomic E-state index is 0.0609. The second-order valence-electron chi connectivity index (χ2n) is 9.45. The summed E-state index contributed by atoms with van der Waals surface area (Å²) in [5, 5.41) is 33.8. The van der Waals surface area contributed by atoms with Gasteiger partial charge in [-0.1, -0.05) is 26.0 Å². The van der Waals surface area contributed by atoms with Crippen LogP contribution in [0.2, 0.25) is 0 Å². The summed E-state index contributed by atoms with van der Waals surface area (Å²) >= 11 is 0. The van der Waals surface area contributed by atoms with Gasteiger partial charge in [0.25, 0.3) is 5.91 Å². The maximum Gasteiger partial charge on any atom is 0.373 e. The molecular formula is C27H28N6O7. The Bertz CT molecular complexity index is 1480. The maximum atomic E-state index is 12.4. The van der Waals surface area contributed by atoms with Crippen LogP contribution in [-0.2, 0) is 4.79 Å². The van der Waals surface area contributed by atoms with Crippen molar-refractivity contribution in [3.05, 3.63) is 69.3 Å². The molecule has 13 nitrogen and oxygen atoms in total. The normalized spacial score (nSPS) is 11.3. The molecule has 0 saturated carbocycles. The van der Waals surface area contributed by atoms with Gasteiger partial charge in [-0.05, 0) is 55.2 Å². The van der Waals surface area contributed by atoms with Gasteiger partial charge in [0.2, 0.25) is 5.82 Å². The van der Waals surface area contributed by atoms with Crippen molar-refractivity contribution in [1.29, 1.82) is 5.26 Å². The van der Waals surface area contributed by atoms with Crippen LogP contribution in [0.5, 0.6) is 23.4 Å². The number of aromatic nitrogens is 2. The molecule has 1 amide bonds. The van der Waals surface area contributed by atoms with E-state index in [1.165, 1.54) is 23.1 Å². The molecule has 2 N–H and O–H groups in total. The molecule has 0 aliphatic heterocycles. The number of hydrogen-bond donors (Lipinski definition) is 2. The zero-order valence-corrected chi connectivity index (χ0v) is 22.5. The fraction of sp³-hybridized carbons (Fsp3) is 0.296. The van der Waals surface area contributed by atoms with Gasteiger partial charge in [-0.2, -0.15) is 15.2 Å². The molecular weight excluding hydrogens is 520 g/mol. The van der Waals surface area contributed by atoms with Gasteiger partial charge in [0, 0.05) is 19.7 Å². The molecule has 1 atom stereocenters. The Labute approximate surface area is 230 Å². The summed E-state index contributed by atoms with van der Waals surface area (Å²) in [5.74, 6) is -2.29. The summed E-state index contributed by atoms with van der Waals surface area (Å²) < 4.78 is 11.6. The second-order valence-corrected chi connectivity index (χ2v) is 9.45. The first kappa shape index (κ1) is 29.3. The molecule has 0 fully saturated rings. The molecule has 40 heavy (non-hydrogen) atoms. The first-order valence-electron chi connectivity index (χ1n) is 12.1. The summed E-state index contributed by atoms with van der Waals surface area (Å²) in [5.41, 5.74) is 0.395. The van der Waals surface area contributed by atoms with E-state index < -0.39 is 40.3 Å². The number of nitrogens with zero attached hydrogens (tertiary/aromatic N) is 5. The lowest BCUT2D eigenvalue weighted by Gasteiger charge is -2.18. The van der Waals surface area contributed by atoms with Gasteiger partial charge in [0.1, 0.15) is 17.5 Å². The van der Waals surface area contributed by atoms with Crippen LogP contribution in [0.25, 0.3) is 0 Å². The highest BCUT2D eigenvalue weighted by molar-refractivity contribution is 5.94. The van der Waals surface area contributed by atoms with E-state index in [2.05, 4.69) is 15.3 Å². The predicted molar refractivity (Wildman–Crippen MR) is 144 cm³/mol. The SMILES string of the molecule is Cc1ccc(C#N)cc1Oc1nc(Oc2cccc(C(=O)N(C)C)c2)nc(NC(CC(C)C)C(=O)O)c1[N+](=O)[O-]. The molecule has 13 heteroatoms. The number of nitriles is 1. The Hall–Kier alpha value is -5.25. The first-order chi connectivity index (χ1) is 18.9. The molecule has 1 unspecified atom stereocenters. The number of aryl methyl sites for hydroxylation is 1. The third-order valence-electron chi connectivity index (χ3n) is 5.55. The number of carboxylic acid groups (broad SMARTS) is 1. The highest BCUT2D eigenvalue weighted by Gasteiger charge is 2.31. The van der Waals surface area contributed by atoms with E-state index >= 15 is 0 Å². The highest BCUT2D eigenvalue weighted by atomic mass is 16.6. The Morgan fingerprint density at radius 1 is 1.18 bits per heavy atom. The van der Waals surface area contributed by atoms with Gasteiger partial charge in [0.15, 0.2) is 0 Å². The number of aliphatic carboxylic acids is 1. The highest BCUT2D eigenvalue weighted by Crippen LogP contribution is 2.39. The number of anilines is 1. The van der Waals surface area contributed by atoms with Gasteiger partial charge >= 0.3 is 23.5 Å². The van der Waals surface area contributed by atoms with Gasteiger partial charge in [-0.25, -0.2) is 4.79 Å². The fourth-order valence-corrected chi connectivity index (χ4v) is 3.59. The monoisotopic (exact) mass is 548 g/mol. The molecule has 208 valence electrons. The number of benzene rings is 2. The van der Waals surface area contributed by atoms with E-state index in [1.54, 1.807) is 45.3 Å². The van der Waals surface area contributed by atoms with E-state index in [1.807, 2.05) is 19.9 Å². The molecule has 3 aromatic rings. The average Bonchev–Trinajstić information content (AvgIpc) is 2.88. The summed E-state index contributed by atoms with van der Waals surface area (Å²) in [6.45, 7) is 5.29. The number of nitrogens with one attached hydrogen (secondary N) is 1. The second kappa shape index (κ2) is 12.5. The lowest BCUT2D eigenvalue weighted by molar-refractivity contribution is -0.385. The zero-order valence-electron chi connectivity index (χ0n) is 22.5. The van der Waals surface area contributed by atoms with Crippen molar-refractivity contribution >= 4 is 23.4 Å². The summed E-state index contributed by atoms with van der Waals surface area (Å²) in [7, 11) is 3.19. The minimum Gasteiger partial charge on any atom is -0.480 e. The molecule has 3 rings (SSSR count). The maximum absolute atomic E-state index is 12.4. The zero-order chi connectivity index (χ0) is 29.6. The summed E-state index contributed by atoms with van der Waals surface area (Å²) in [4.78, 5) is 45.3. The molecule has 0 saturated heterocycles. The third-order valence-corrected chi connectivity index (χ3v) is 5.55. The van der Waals surface area contributed by atoms with E-state index in [9.17, 15) is 30.1 Å². The Morgan fingerprint density at radius 3 is 2.50 bits per heavy atom. The molecule has 0 aliphatic rings. The van der Waals surface area contributed by atoms with Gasteiger partial charge in [-0.15, -0.1) is 0 Å². The van der Waals surface area contributed by atoms with E-state index in [4.69, 9.17) is 9.47 Å². The summed E-state index contributed by atoms with van der Waals surface area (Å²) in [6, 6.07) is 11.0.